The highest BCUT2D eigenvalue weighted by atomic mass is 32.2. The zero-order valence-electron chi connectivity index (χ0n) is 7.62. The molecular weight excluding hydrogens is 178 g/mol. The average Bonchev–Trinajstić information content (AvgIpc) is 2.30. The highest BCUT2D eigenvalue weighted by molar-refractivity contribution is 7.90. The Morgan fingerprint density at radius 1 is 1.50 bits per heavy atom. The van der Waals surface area contributed by atoms with Gasteiger partial charge in [-0.15, -0.1) is 0 Å². The molecule has 1 unspecified atom stereocenters. The molecule has 72 valence electrons. The lowest BCUT2D eigenvalue weighted by atomic mass is 9.93. The Bertz CT molecular complexity index is 258. The Balaban J connectivity index is 2.90. The third kappa shape index (κ3) is 1.62. The maximum atomic E-state index is 11.4. The zero-order valence-corrected chi connectivity index (χ0v) is 8.44. The van der Waals surface area contributed by atoms with Crippen LogP contribution in [0, 0.1) is 5.41 Å². The first-order valence-corrected chi connectivity index (χ1v) is 5.45. The lowest BCUT2D eigenvalue weighted by Crippen LogP contribution is -2.41. The first kappa shape index (κ1) is 9.95. The van der Waals surface area contributed by atoms with Crippen molar-refractivity contribution in [3.63, 3.8) is 0 Å². The van der Waals surface area contributed by atoms with Crippen LogP contribution in [-0.4, -0.2) is 33.9 Å². The summed E-state index contributed by atoms with van der Waals surface area (Å²) in [5.41, 5.74) is -0.276. The van der Waals surface area contributed by atoms with Gasteiger partial charge in [0.15, 0.2) is 0 Å². The summed E-state index contributed by atoms with van der Waals surface area (Å²) in [5.74, 6) is 0. The van der Waals surface area contributed by atoms with Gasteiger partial charge >= 0.3 is 0 Å². The van der Waals surface area contributed by atoms with Crippen molar-refractivity contribution >= 4 is 10.0 Å². The van der Waals surface area contributed by atoms with E-state index < -0.39 is 15.3 Å². The molecule has 1 fully saturated rings. The molecule has 1 atom stereocenters. The molecule has 0 amide bonds. The summed E-state index contributed by atoms with van der Waals surface area (Å²) in [6, 6.07) is 0. The van der Waals surface area contributed by atoms with E-state index in [4.69, 9.17) is 4.74 Å². The van der Waals surface area contributed by atoms with Gasteiger partial charge in [0.2, 0.25) is 10.0 Å². The highest BCUT2D eigenvalue weighted by Crippen LogP contribution is 2.31. The van der Waals surface area contributed by atoms with Crippen molar-refractivity contribution in [3.05, 3.63) is 0 Å². The van der Waals surface area contributed by atoms with Crippen LogP contribution in [0.15, 0.2) is 0 Å². The van der Waals surface area contributed by atoms with Crippen LogP contribution in [-0.2, 0) is 14.8 Å². The number of hydrogen-bond acceptors (Lipinski definition) is 3. The fraction of sp³-hybridized carbons (Fsp3) is 1.00. The molecule has 12 heavy (non-hydrogen) atoms. The molecule has 1 saturated heterocycles. The minimum absolute atomic E-state index is 0.276. The first-order valence-electron chi connectivity index (χ1n) is 3.90. The van der Waals surface area contributed by atoms with Gasteiger partial charge in [0.1, 0.15) is 5.25 Å². The topological polar surface area (TPSA) is 55.4 Å². The van der Waals surface area contributed by atoms with Crippen LogP contribution in [0.25, 0.3) is 0 Å². The molecule has 4 nitrogen and oxygen atoms in total. The summed E-state index contributed by atoms with van der Waals surface area (Å²) in [6.07, 6.45) is 0. The van der Waals surface area contributed by atoms with Gasteiger partial charge in [-0.2, -0.15) is 0 Å². The molecule has 0 aromatic carbocycles. The molecule has 0 radical (unpaired) electrons. The molecule has 5 heteroatoms. The summed E-state index contributed by atoms with van der Waals surface area (Å²) in [6.45, 7) is 4.62. The summed E-state index contributed by atoms with van der Waals surface area (Å²) in [4.78, 5) is 0. The monoisotopic (exact) mass is 193 g/mol. The summed E-state index contributed by atoms with van der Waals surface area (Å²) in [5, 5.41) is -0.421. The summed E-state index contributed by atoms with van der Waals surface area (Å²) < 4.78 is 30.3. The predicted molar refractivity (Wildman–Crippen MR) is 46.4 cm³/mol. The lowest BCUT2D eigenvalue weighted by Gasteiger charge is -2.23. The van der Waals surface area contributed by atoms with E-state index in [1.165, 1.54) is 7.05 Å². The van der Waals surface area contributed by atoms with Gasteiger partial charge in [0, 0.05) is 5.41 Å². The van der Waals surface area contributed by atoms with Crippen LogP contribution in [0.3, 0.4) is 0 Å². The molecule has 0 spiro atoms. The van der Waals surface area contributed by atoms with Crippen molar-refractivity contribution in [1.29, 1.82) is 0 Å². The average molecular weight is 193 g/mol. The minimum atomic E-state index is -3.18. The Labute approximate surface area is 73.3 Å². The lowest BCUT2D eigenvalue weighted by molar-refractivity contribution is 0.167. The van der Waals surface area contributed by atoms with Crippen molar-refractivity contribution in [3.8, 4) is 0 Å². The van der Waals surface area contributed by atoms with Crippen LogP contribution in [0.4, 0.5) is 0 Å². The largest absolute Gasteiger partial charge is 0.379 e. The van der Waals surface area contributed by atoms with E-state index >= 15 is 0 Å². The Kier molecular flexibility index (Phi) is 2.47. The third-order valence-corrected chi connectivity index (χ3v) is 4.37. The first-order chi connectivity index (χ1) is 5.40. The molecule has 0 aromatic rings. The second-order valence-corrected chi connectivity index (χ2v) is 5.81. The number of rotatable bonds is 2. The highest BCUT2D eigenvalue weighted by Gasteiger charge is 2.43. The van der Waals surface area contributed by atoms with Crippen molar-refractivity contribution in [2.45, 2.75) is 19.1 Å². The minimum Gasteiger partial charge on any atom is -0.379 e. The van der Waals surface area contributed by atoms with Gasteiger partial charge in [0.25, 0.3) is 0 Å². The van der Waals surface area contributed by atoms with E-state index in [2.05, 4.69) is 4.72 Å². The Morgan fingerprint density at radius 2 is 2.08 bits per heavy atom. The van der Waals surface area contributed by atoms with Gasteiger partial charge in [-0.05, 0) is 7.05 Å². The van der Waals surface area contributed by atoms with Gasteiger partial charge < -0.3 is 4.74 Å². The number of nitrogens with one attached hydrogen (secondary N) is 1. The Morgan fingerprint density at radius 3 is 2.42 bits per heavy atom. The zero-order chi connectivity index (χ0) is 9.41. The van der Waals surface area contributed by atoms with Crippen molar-refractivity contribution < 1.29 is 13.2 Å². The predicted octanol–water partition coefficient (Wildman–Crippen LogP) is -0.0394. The summed E-state index contributed by atoms with van der Waals surface area (Å²) in [7, 11) is -1.75. The number of ether oxygens (including phenoxy) is 1. The molecule has 0 saturated carbocycles. The second-order valence-electron chi connectivity index (χ2n) is 3.74. The van der Waals surface area contributed by atoms with Crippen LogP contribution >= 0.6 is 0 Å². The van der Waals surface area contributed by atoms with Crippen molar-refractivity contribution in [2.24, 2.45) is 5.41 Å². The quantitative estimate of drug-likeness (QED) is 0.669. The molecule has 1 N–H and O–H groups in total. The number of sulfonamides is 1. The molecule has 1 heterocycles. The normalized spacial score (nSPS) is 29.1. The fourth-order valence-electron chi connectivity index (χ4n) is 1.40. The molecule has 1 aliphatic heterocycles. The van der Waals surface area contributed by atoms with Gasteiger partial charge in [-0.1, -0.05) is 13.8 Å². The molecule has 1 rings (SSSR count). The van der Waals surface area contributed by atoms with Crippen molar-refractivity contribution in [2.75, 3.05) is 20.3 Å². The second kappa shape index (κ2) is 2.97. The van der Waals surface area contributed by atoms with Crippen LogP contribution in [0.2, 0.25) is 0 Å². The Hall–Kier alpha value is -0.130. The van der Waals surface area contributed by atoms with Gasteiger partial charge in [-0.3, -0.25) is 0 Å². The maximum Gasteiger partial charge on any atom is 0.217 e. The maximum absolute atomic E-state index is 11.4. The van der Waals surface area contributed by atoms with Crippen LogP contribution in [0.5, 0.6) is 0 Å². The van der Waals surface area contributed by atoms with Crippen molar-refractivity contribution in [1.82, 2.24) is 4.72 Å². The molecule has 0 aromatic heterocycles. The number of hydrogen-bond donors (Lipinski definition) is 1. The van der Waals surface area contributed by atoms with E-state index in [9.17, 15) is 8.42 Å². The van der Waals surface area contributed by atoms with Gasteiger partial charge in [-0.25, -0.2) is 13.1 Å². The smallest absolute Gasteiger partial charge is 0.217 e. The summed E-state index contributed by atoms with van der Waals surface area (Å²) >= 11 is 0. The molecule has 0 bridgehead atoms. The van der Waals surface area contributed by atoms with Crippen LogP contribution in [0.1, 0.15) is 13.8 Å². The van der Waals surface area contributed by atoms with E-state index in [1.54, 1.807) is 0 Å². The van der Waals surface area contributed by atoms with E-state index in [0.717, 1.165) is 0 Å². The van der Waals surface area contributed by atoms with Gasteiger partial charge in [0.05, 0.1) is 13.2 Å². The molecular formula is C7H15NO3S. The van der Waals surface area contributed by atoms with E-state index in [1.807, 2.05) is 13.8 Å². The fourth-order valence-corrected chi connectivity index (χ4v) is 2.87. The molecule has 0 aliphatic carbocycles. The van der Waals surface area contributed by atoms with E-state index in [-0.39, 0.29) is 5.41 Å². The SMILES string of the molecule is CNS(=O)(=O)C1COCC1(C)C. The van der Waals surface area contributed by atoms with E-state index in [0.29, 0.717) is 13.2 Å². The van der Waals surface area contributed by atoms with Crippen LogP contribution < -0.4 is 4.72 Å². The molecule has 1 aliphatic rings. The standard InChI is InChI=1S/C7H15NO3S/c1-7(2)5-11-4-6(7)12(9,10)8-3/h6,8H,4-5H2,1-3H3. The third-order valence-electron chi connectivity index (χ3n) is 2.27.